The SMILES string of the molecule is C[C@]12CCC(=O)C=C1CCC1C2CC[C@@]2(C)C1CC[C@]2(O)C(=O)COC(=O)CCC(=O)NCC(=O)O. The van der Waals surface area contributed by atoms with E-state index in [1.807, 2.05) is 13.0 Å². The van der Waals surface area contributed by atoms with Gasteiger partial charge in [0.1, 0.15) is 12.1 Å². The monoisotopic (exact) mass is 503 g/mol. The number of Topliss-reactive ketones (excluding diaryl/α,β-unsaturated/α-hetero) is 1. The number of allylic oxidation sites excluding steroid dienone is 1. The van der Waals surface area contributed by atoms with Gasteiger partial charge in [-0.15, -0.1) is 0 Å². The van der Waals surface area contributed by atoms with Crippen molar-refractivity contribution in [1.82, 2.24) is 5.32 Å². The number of hydrogen-bond acceptors (Lipinski definition) is 7. The minimum absolute atomic E-state index is 0.00909. The van der Waals surface area contributed by atoms with Crippen molar-refractivity contribution < 1.29 is 38.9 Å². The third-order valence-electron chi connectivity index (χ3n) is 9.93. The minimum Gasteiger partial charge on any atom is -0.480 e. The molecule has 0 spiro atoms. The van der Waals surface area contributed by atoms with E-state index in [9.17, 15) is 29.1 Å². The highest BCUT2D eigenvalue weighted by molar-refractivity contribution is 5.92. The van der Waals surface area contributed by atoms with E-state index in [1.54, 1.807) is 0 Å². The molecule has 6 atom stereocenters. The van der Waals surface area contributed by atoms with Crippen LogP contribution in [0.1, 0.15) is 78.1 Å². The minimum atomic E-state index is -1.57. The zero-order valence-corrected chi connectivity index (χ0v) is 21.1. The first-order valence-electron chi connectivity index (χ1n) is 13.0. The summed E-state index contributed by atoms with van der Waals surface area (Å²) in [5.74, 6) is -1.79. The summed E-state index contributed by atoms with van der Waals surface area (Å²) < 4.78 is 5.10. The van der Waals surface area contributed by atoms with Crippen LogP contribution in [0.5, 0.6) is 0 Å². The smallest absolute Gasteiger partial charge is 0.322 e. The fraction of sp³-hybridized carbons (Fsp3) is 0.741. The van der Waals surface area contributed by atoms with Crippen molar-refractivity contribution in [3.8, 4) is 0 Å². The second-order valence-corrected chi connectivity index (χ2v) is 11.6. The predicted molar refractivity (Wildman–Crippen MR) is 128 cm³/mol. The lowest BCUT2D eigenvalue weighted by Crippen LogP contribution is -2.58. The van der Waals surface area contributed by atoms with Gasteiger partial charge >= 0.3 is 11.9 Å². The Kier molecular flexibility index (Phi) is 7.16. The van der Waals surface area contributed by atoms with Crippen molar-refractivity contribution in [2.45, 2.75) is 83.7 Å². The van der Waals surface area contributed by atoms with E-state index in [0.29, 0.717) is 31.1 Å². The zero-order chi connectivity index (χ0) is 26.3. The molecule has 0 radical (unpaired) electrons. The molecule has 4 rings (SSSR count). The van der Waals surface area contributed by atoms with Gasteiger partial charge in [-0.3, -0.25) is 24.0 Å². The van der Waals surface area contributed by atoms with Crippen LogP contribution in [0.2, 0.25) is 0 Å². The topological polar surface area (TPSA) is 147 Å². The van der Waals surface area contributed by atoms with E-state index in [1.165, 1.54) is 5.57 Å². The maximum Gasteiger partial charge on any atom is 0.322 e. The van der Waals surface area contributed by atoms with E-state index in [0.717, 1.165) is 32.1 Å². The molecular weight excluding hydrogens is 466 g/mol. The van der Waals surface area contributed by atoms with Gasteiger partial charge in [0, 0.05) is 18.3 Å². The van der Waals surface area contributed by atoms with Crippen molar-refractivity contribution in [2.24, 2.45) is 28.6 Å². The maximum absolute atomic E-state index is 13.2. The number of esters is 1. The first-order chi connectivity index (χ1) is 16.9. The second-order valence-electron chi connectivity index (χ2n) is 11.6. The zero-order valence-electron chi connectivity index (χ0n) is 21.1. The second kappa shape index (κ2) is 9.72. The summed E-state index contributed by atoms with van der Waals surface area (Å²) in [4.78, 5) is 59.4. The molecule has 0 aromatic heterocycles. The number of carboxylic acids is 1. The van der Waals surface area contributed by atoms with Gasteiger partial charge in [0.15, 0.2) is 12.4 Å². The number of aliphatic hydroxyl groups is 1. The van der Waals surface area contributed by atoms with E-state index < -0.39 is 47.8 Å². The van der Waals surface area contributed by atoms with Crippen LogP contribution in [0.4, 0.5) is 0 Å². The Morgan fingerprint density at radius 1 is 1.03 bits per heavy atom. The molecule has 0 bridgehead atoms. The Labute approximate surface area is 211 Å². The molecule has 1 amide bonds. The van der Waals surface area contributed by atoms with Crippen molar-refractivity contribution in [3.63, 3.8) is 0 Å². The van der Waals surface area contributed by atoms with E-state index in [-0.39, 0.29) is 30.0 Å². The number of amides is 1. The lowest BCUT2D eigenvalue weighted by molar-refractivity contribution is -0.170. The molecule has 3 fully saturated rings. The van der Waals surface area contributed by atoms with Gasteiger partial charge < -0.3 is 20.3 Å². The molecule has 0 saturated heterocycles. The number of carboxylic acid groups (broad SMARTS) is 1. The number of carbonyl (C=O) groups excluding carboxylic acids is 4. The quantitative estimate of drug-likeness (QED) is 0.428. The summed E-state index contributed by atoms with van der Waals surface area (Å²) in [5, 5.41) is 22.4. The molecule has 4 aliphatic rings. The van der Waals surface area contributed by atoms with Crippen LogP contribution in [0, 0.1) is 28.6 Å². The van der Waals surface area contributed by atoms with Crippen molar-refractivity contribution >= 4 is 29.4 Å². The van der Waals surface area contributed by atoms with Gasteiger partial charge in [-0.25, -0.2) is 0 Å². The molecule has 198 valence electrons. The molecule has 0 aromatic carbocycles. The van der Waals surface area contributed by atoms with Gasteiger partial charge in [0.05, 0.1) is 6.42 Å². The molecule has 0 heterocycles. The molecule has 9 nitrogen and oxygen atoms in total. The van der Waals surface area contributed by atoms with Gasteiger partial charge in [-0.05, 0) is 74.2 Å². The molecule has 36 heavy (non-hydrogen) atoms. The summed E-state index contributed by atoms with van der Waals surface area (Å²) in [6.45, 7) is 3.22. The molecule has 9 heteroatoms. The van der Waals surface area contributed by atoms with Crippen LogP contribution >= 0.6 is 0 Å². The number of nitrogens with one attached hydrogen (secondary N) is 1. The molecule has 4 aliphatic carbocycles. The summed E-state index contributed by atoms with van der Waals surface area (Å²) in [6.07, 6.45) is 7.32. The third kappa shape index (κ3) is 4.51. The highest BCUT2D eigenvalue weighted by atomic mass is 16.5. The van der Waals surface area contributed by atoms with Gasteiger partial charge in [0.25, 0.3) is 0 Å². The number of fused-ring (bicyclic) bond motifs is 5. The van der Waals surface area contributed by atoms with Crippen LogP contribution in [-0.2, 0) is 28.7 Å². The van der Waals surface area contributed by atoms with E-state index in [4.69, 9.17) is 9.84 Å². The highest BCUT2D eigenvalue weighted by Gasteiger charge is 2.66. The molecule has 3 N–H and O–H groups in total. The van der Waals surface area contributed by atoms with Gasteiger partial charge in [-0.1, -0.05) is 19.4 Å². The first-order valence-corrected chi connectivity index (χ1v) is 13.0. The molecule has 3 unspecified atom stereocenters. The summed E-state index contributed by atoms with van der Waals surface area (Å²) >= 11 is 0. The largest absolute Gasteiger partial charge is 0.480 e. The number of rotatable bonds is 8. The average molecular weight is 504 g/mol. The number of carbonyl (C=O) groups is 5. The number of aliphatic carboxylic acids is 1. The van der Waals surface area contributed by atoms with Crippen LogP contribution in [0.3, 0.4) is 0 Å². The van der Waals surface area contributed by atoms with Crippen LogP contribution in [-0.4, -0.2) is 58.4 Å². The molecular formula is C27H37NO8. The number of ketones is 2. The fourth-order valence-electron chi connectivity index (χ4n) is 7.85. The number of hydrogen-bond donors (Lipinski definition) is 3. The van der Waals surface area contributed by atoms with Crippen molar-refractivity contribution in [2.75, 3.05) is 13.2 Å². The summed E-state index contributed by atoms with van der Waals surface area (Å²) in [6, 6.07) is 0. The van der Waals surface area contributed by atoms with Crippen LogP contribution in [0.25, 0.3) is 0 Å². The summed E-state index contributed by atoms with van der Waals surface area (Å²) in [5.41, 5.74) is -0.885. The lowest BCUT2D eigenvalue weighted by Gasteiger charge is -2.58. The predicted octanol–water partition coefficient (Wildman–Crippen LogP) is 2.34. The van der Waals surface area contributed by atoms with Crippen LogP contribution < -0.4 is 5.32 Å². The van der Waals surface area contributed by atoms with Crippen molar-refractivity contribution in [3.05, 3.63) is 11.6 Å². The molecule has 0 aromatic rings. The van der Waals surface area contributed by atoms with Crippen molar-refractivity contribution in [1.29, 1.82) is 0 Å². The Morgan fingerprint density at radius 2 is 1.75 bits per heavy atom. The number of ether oxygens (including phenoxy) is 1. The Bertz CT molecular complexity index is 1000. The summed E-state index contributed by atoms with van der Waals surface area (Å²) in [7, 11) is 0. The Hall–Kier alpha value is -2.55. The van der Waals surface area contributed by atoms with E-state index >= 15 is 0 Å². The van der Waals surface area contributed by atoms with Gasteiger partial charge in [-0.2, -0.15) is 0 Å². The maximum atomic E-state index is 13.2. The highest BCUT2D eigenvalue weighted by Crippen LogP contribution is 2.67. The average Bonchev–Trinajstić information content (AvgIpc) is 3.12. The fourth-order valence-corrected chi connectivity index (χ4v) is 7.85. The molecule has 0 aliphatic heterocycles. The molecule has 3 saturated carbocycles. The standard InChI is InChI=1S/C27H37NO8/c1-25-10-7-17(29)13-16(25)3-4-18-19(25)8-11-26(2)20(18)9-12-27(26,35)21(30)15-36-24(34)6-5-22(31)28-14-23(32)33/h13,18-20,35H,3-12,14-15H2,1-2H3,(H,28,31)(H,32,33)/t18?,19?,20?,25-,26-,27-/m0/s1. The van der Waals surface area contributed by atoms with Crippen LogP contribution in [0.15, 0.2) is 11.6 Å². The lowest BCUT2D eigenvalue weighted by atomic mass is 9.46. The normalized spacial score (nSPS) is 37.1. The third-order valence-corrected chi connectivity index (χ3v) is 9.93. The first kappa shape index (κ1) is 26.5. The Morgan fingerprint density at radius 3 is 2.47 bits per heavy atom. The Balaban J connectivity index is 1.37. The van der Waals surface area contributed by atoms with Gasteiger partial charge in [0.2, 0.25) is 11.7 Å². The van der Waals surface area contributed by atoms with E-state index in [2.05, 4.69) is 12.2 Å².